The molecule has 0 bridgehead atoms. The molecule has 2 N–H and O–H groups in total. The van der Waals surface area contributed by atoms with Crippen LogP contribution in [-0.4, -0.2) is 32.7 Å². The topological polar surface area (TPSA) is 79.3 Å². The second-order valence-electron chi connectivity index (χ2n) is 4.27. The van der Waals surface area contributed by atoms with E-state index in [1.165, 1.54) is 4.90 Å². The maximum absolute atomic E-state index is 12.2. The predicted molar refractivity (Wildman–Crippen MR) is 73.7 cm³/mol. The van der Waals surface area contributed by atoms with Gasteiger partial charge in [-0.05, 0) is 25.0 Å². The number of nitrogens with two attached hydrogens (primary N) is 1. The number of nitriles is 1. The lowest BCUT2D eigenvalue weighted by Gasteiger charge is -2.22. The smallest absolute Gasteiger partial charge is 0.243 e. The molecule has 102 valence electrons. The van der Waals surface area contributed by atoms with Crippen molar-refractivity contribution in [3.8, 4) is 6.07 Å². The van der Waals surface area contributed by atoms with E-state index in [0.29, 0.717) is 24.3 Å². The Bertz CT molecular complexity index is 468. The van der Waals surface area contributed by atoms with Gasteiger partial charge in [-0.3, -0.25) is 4.79 Å². The SMILES string of the molecule is COCCCC(N)C(=O)N(C)c1ccccc1C#N. The summed E-state index contributed by atoms with van der Waals surface area (Å²) in [6, 6.07) is 8.45. The van der Waals surface area contributed by atoms with E-state index < -0.39 is 6.04 Å². The zero-order chi connectivity index (χ0) is 14.3. The number of para-hydroxylation sites is 1. The van der Waals surface area contributed by atoms with Gasteiger partial charge in [0.25, 0.3) is 0 Å². The zero-order valence-electron chi connectivity index (χ0n) is 11.3. The molecule has 1 aromatic rings. The number of likely N-dealkylation sites (N-methyl/N-ethyl adjacent to an activating group) is 1. The first-order valence-electron chi connectivity index (χ1n) is 6.13. The highest BCUT2D eigenvalue weighted by atomic mass is 16.5. The van der Waals surface area contributed by atoms with Gasteiger partial charge < -0.3 is 15.4 Å². The summed E-state index contributed by atoms with van der Waals surface area (Å²) < 4.78 is 4.93. The summed E-state index contributed by atoms with van der Waals surface area (Å²) in [5.41, 5.74) is 6.90. The number of carbonyl (C=O) groups excluding carboxylic acids is 1. The molecule has 5 nitrogen and oxygen atoms in total. The van der Waals surface area contributed by atoms with Crippen LogP contribution in [0.15, 0.2) is 24.3 Å². The molecule has 0 radical (unpaired) electrons. The number of nitrogens with zero attached hydrogens (tertiary/aromatic N) is 2. The first kappa shape index (κ1) is 15.2. The van der Waals surface area contributed by atoms with Crippen LogP contribution in [0.5, 0.6) is 0 Å². The highest BCUT2D eigenvalue weighted by Crippen LogP contribution is 2.19. The molecule has 1 atom stereocenters. The van der Waals surface area contributed by atoms with Crippen LogP contribution in [0.1, 0.15) is 18.4 Å². The van der Waals surface area contributed by atoms with E-state index in [1.54, 1.807) is 38.4 Å². The third-order valence-electron chi connectivity index (χ3n) is 2.90. The average Bonchev–Trinajstić information content (AvgIpc) is 2.45. The minimum absolute atomic E-state index is 0.196. The van der Waals surface area contributed by atoms with Gasteiger partial charge in [-0.2, -0.15) is 5.26 Å². The summed E-state index contributed by atoms with van der Waals surface area (Å²) in [7, 11) is 3.25. The van der Waals surface area contributed by atoms with Gasteiger partial charge in [0.1, 0.15) is 6.07 Å². The Kier molecular flexibility index (Phi) is 6.00. The second-order valence-corrected chi connectivity index (χ2v) is 4.27. The number of carbonyl (C=O) groups is 1. The molecule has 5 heteroatoms. The summed E-state index contributed by atoms with van der Waals surface area (Å²) in [5.74, 6) is -0.196. The van der Waals surface area contributed by atoms with Crippen LogP contribution in [0.4, 0.5) is 5.69 Å². The summed E-state index contributed by atoms with van der Waals surface area (Å²) in [4.78, 5) is 13.6. The number of ether oxygens (including phenoxy) is 1. The van der Waals surface area contributed by atoms with Gasteiger partial charge in [0.2, 0.25) is 5.91 Å². The van der Waals surface area contributed by atoms with Crippen LogP contribution in [0, 0.1) is 11.3 Å². The van der Waals surface area contributed by atoms with Crippen LogP contribution in [-0.2, 0) is 9.53 Å². The van der Waals surface area contributed by atoms with Gasteiger partial charge in [-0.1, -0.05) is 12.1 Å². The van der Waals surface area contributed by atoms with Crippen LogP contribution < -0.4 is 10.6 Å². The van der Waals surface area contributed by atoms with E-state index in [9.17, 15) is 4.79 Å². The van der Waals surface area contributed by atoms with E-state index in [4.69, 9.17) is 15.7 Å². The maximum atomic E-state index is 12.2. The molecule has 0 aliphatic heterocycles. The molecule has 1 aromatic carbocycles. The fraction of sp³-hybridized carbons (Fsp3) is 0.429. The monoisotopic (exact) mass is 261 g/mol. The lowest BCUT2D eigenvalue weighted by atomic mass is 10.1. The number of benzene rings is 1. The van der Waals surface area contributed by atoms with Crippen molar-refractivity contribution in [1.82, 2.24) is 0 Å². The Hall–Kier alpha value is -1.90. The summed E-state index contributed by atoms with van der Waals surface area (Å²) >= 11 is 0. The van der Waals surface area contributed by atoms with Gasteiger partial charge in [0, 0.05) is 20.8 Å². The predicted octanol–water partition coefficient (Wildman–Crippen LogP) is 1.27. The van der Waals surface area contributed by atoms with Crippen molar-refractivity contribution in [2.45, 2.75) is 18.9 Å². The number of hydrogen-bond donors (Lipinski definition) is 1. The van der Waals surface area contributed by atoms with Crippen molar-refractivity contribution >= 4 is 11.6 Å². The molecule has 0 fully saturated rings. The minimum Gasteiger partial charge on any atom is -0.385 e. The fourth-order valence-electron chi connectivity index (χ4n) is 1.80. The van der Waals surface area contributed by atoms with E-state index in [1.807, 2.05) is 0 Å². The lowest BCUT2D eigenvalue weighted by molar-refractivity contribution is -0.119. The van der Waals surface area contributed by atoms with Crippen molar-refractivity contribution in [3.63, 3.8) is 0 Å². The van der Waals surface area contributed by atoms with E-state index in [-0.39, 0.29) is 5.91 Å². The summed E-state index contributed by atoms with van der Waals surface area (Å²) in [6.45, 7) is 0.583. The molecule has 0 heterocycles. The molecule has 0 saturated heterocycles. The molecular weight excluding hydrogens is 242 g/mol. The van der Waals surface area contributed by atoms with E-state index >= 15 is 0 Å². The molecule has 1 rings (SSSR count). The number of methoxy groups -OCH3 is 1. The maximum Gasteiger partial charge on any atom is 0.243 e. The summed E-state index contributed by atoms with van der Waals surface area (Å²) in [6.07, 6.45) is 1.29. The first-order chi connectivity index (χ1) is 9.11. The minimum atomic E-state index is -0.577. The third-order valence-corrected chi connectivity index (χ3v) is 2.90. The summed E-state index contributed by atoms with van der Waals surface area (Å²) in [5, 5.41) is 9.03. The van der Waals surface area contributed by atoms with Crippen molar-refractivity contribution in [2.24, 2.45) is 5.73 Å². The molecule has 0 saturated carbocycles. The Morgan fingerprint density at radius 3 is 2.84 bits per heavy atom. The van der Waals surface area contributed by atoms with Crippen molar-refractivity contribution in [1.29, 1.82) is 5.26 Å². The largest absolute Gasteiger partial charge is 0.385 e. The van der Waals surface area contributed by atoms with Crippen molar-refractivity contribution in [3.05, 3.63) is 29.8 Å². The lowest BCUT2D eigenvalue weighted by Crippen LogP contribution is -2.42. The van der Waals surface area contributed by atoms with Gasteiger partial charge in [-0.25, -0.2) is 0 Å². The Morgan fingerprint density at radius 1 is 1.53 bits per heavy atom. The van der Waals surface area contributed by atoms with Crippen LogP contribution in [0.2, 0.25) is 0 Å². The normalized spacial score (nSPS) is 11.7. The molecule has 1 amide bonds. The Balaban J connectivity index is 2.74. The van der Waals surface area contributed by atoms with Crippen LogP contribution in [0.3, 0.4) is 0 Å². The Labute approximate surface area is 113 Å². The highest BCUT2D eigenvalue weighted by molar-refractivity contribution is 5.97. The highest BCUT2D eigenvalue weighted by Gasteiger charge is 2.20. The van der Waals surface area contributed by atoms with Gasteiger partial charge >= 0.3 is 0 Å². The quantitative estimate of drug-likeness (QED) is 0.782. The van der Waals surface area contributed by atoms with E-state index in [0.717, 1.165) is 6.42 Å². The number of anilines is 1. The van der Waals surface area contributed by atoms with Crippen LogP contribution >= 0.6 is 0 Å². The molecule has 0 aromatic heterocycles. The molecule has 19 heavy (non-hydrogen) atoms. The number of rotatable bonds is 6. The molecular formula is C14H19N3O2. The van der Waals surface area contributed by atoms with Gasteiger partial charge in [0.05, 0.1) is 17.3 Å². The van der Waals surface area contributed by atoms with Gasteiger partial charge in [-0.15, -0.1) is 0 Å². The number of hydrogen-bond acceptors (Lipinski definition) is 4. The van der Waals surface area contributed by atoms with Crippen molar-refractivity contribution in [2.75, 3.05) is 25.7 Å². The first-order valence-corrected chi connectivity index (χ1v) is 6.13. The van der Waals surface area contributed by atoms with Crippen molar-refractivity contribution < 1.29 is 9.53 Å². The fourth-order valence-corrected chi connectivity index (χ4v) is 1.80. The Morgan fingerprint density at radius 2 is 2.21 bits per heavy atom. The third kappa shape index (κ3) is 4.05. The van der Waals surface area contributed by atoms with Crippen LogP contribution in [0.25, 0.3) is 0 Å². The molecule has 0 spiro atoms. The second kappa shape index (κ2) is 7.52. The molecule has 0 aliphatic carbocycles. The zero-order valence-corrected chi connectivity index (χ0v) is 11.3. The average molecular weight is 261 g/mol. The number of amides is 1. The molecule has 0 aliphatic rings. The van der Waals surface area contributed by atoms with E-state index in [2.05, 4.69) is 6.07 Å². The molecule has 1 unspecified atom stereocenters. The van der Waals surface area contributed by atoms with Gasteiger partial charge in [0.15, 0.2) is 0 Å². The standard InChI is InChI=1S/C14H19N3O2/c1-17(13-8-4-3-6-11(13)10-15)14(18)12(16)7-5-9-19-2/h3-4,6,8,12H,5,7,9,16H2,1-2H3.